The Morgan fingerprint density at radius 3 is 2.14 bits per heavy atom. The number of ether oxygens (including phenoxy) is 3. The van der Waals surface area contributed by atoms with Crippen LogP contribution in [0.25, 0.3) is 0 Å². The number of anilines is 1. The largest absolute Gasteiger partial charge is 0.379 e. The minimum atomic E-state index is -1.13. The second-order valence-corrected chi connectivity index (χ2v) is 26.2. The van der Waals surface area contributed by atoms with Crippen LogP contribution in [0.4, 0.5) is 10.5 Å². The molecular weight excluding hydrogens is 1190 g/mol. The van der Waals surface area contributed by atoms with Gasteiger partial charge in [-0.15, -0.1) is 11.3 Å². The number of nitrogens with two attached hydrogens (primary N) is 1. The van der Waals surface area contributed by atoms with E-state index in [1.165, 1.54) is 30.6 Å². The van der Waals surface area contributed by atoms with Gasteiger partial charge in [0.25, 0.3) is 11.8 Å². The molecule has 1 aromatic heterocycles. The highest BCUT2D eigenvalue weighted by Crippen LogP contribution is 2.36. The molecule has 3 aliphatic heterocycles. The lowest BCUT2D eigenvalue weighted by molar-refractivity contribution is -0.148. The highest BCUT2D eigenvalue weighted by molar-refractivity contribution is 7.09. The molecule has 11 amide bonds. The van der Waals surface area contributed by atoms with Crippen LogP contribution >= 0.6 is 11.3 Å². The fourth-order valence-electron chi connectivity index (χ4n) is 13.0. The van der Waals surface area contributed by atoms with E-state index in [0.717, 1.165) is 16.9 Å². The normalized spacial score (nSPS) is 21.3. The van der Waals surface area contributed by atoms with Gasteiger partial charge < -0.3 is 61.6 Å². The Morgan fingerprint density at radius 2 is 1.55 bits per heavy atom. The first-order chi connectivity index (χ1) is 43.2. The molecule has 3 aliphatic rings. The number of likely N-dealkylation sites (tertiary alicyclic amines) is 2. The van der Waals surface area contributed by atoms with Crippen molar-refractivity contribution in [1.82, 2.24) is 51.2 Å². The molecule has 0 bridgehead atoms. The number of carbonyl (C=O) groups is 10. The van der Waals surface area contributed by atoms with Crippen molar-refractivity contribution in [3.8, 4) is 0 Å². The van der Waals surface area contributed by atoms with Crippen LogP contribution < -0.4 is 37.6 Å². The number of primary amides is 1. The second-order valence-electron chi connectivity index (χ2n) is 25.3. The molecule has 91 heavy (non-hydrogen) atoms. The maximum Gasteiger partial charge on any atom is 0.312 e. The molecule has 0 radical (unpaired) electrons. The number of hydrogen-bond donors (Lipinski definition) is 7. The number of benzene rings is 1. The molecule has 0 spiro atoms. The predicted molar refractivity (Wildman–Crippen MR) is 345 cm³/mol. The number of thiazole rings is 1. The first-order valence-corrected chi connectivity index (χ1v) is 33.0. The molecule has 2 aromatic rings. The lowest BCUT2D eigenvalue weighted by Gasteiger charge is -2.41. The van der Waals surface area contributed by atoms with Gasteiger partial charge in [0.15, 0.2) is 0 Å². The molecule has 1 aromatic carbocycles. The molecule has 2 fully saturated rings. The third-order valence-electron chi connectivity index (χ3n) is 18.5. The second kappa shape index (κ2) is 35.8. The van der Waals surface area contributed by atoms with E-state index in [1.807, 2.05) is 46.2 Å². The third-order valence-corrected chi connectivity index (χ3v) is 19.4. The monoisotopic (exact) mass is 1290 g/mol. The molecule has 14 atom stereocenters. The van der Waals surface area contributed by atoms with Crippen molar-refractivity contribution in [2.45, 2.75) is 188 Å². The quantitative estimate of drug-likeness (QED) is 0.0369. The first kappa shape index (κ1) is 74.9. The van der Waals surface area contributed by atoms with E-state index < -0.39 is 95.9 Å². The minimum absolute atomic E-state index is 0.0146. The Hall–Kier alpha value is -6.87. The van der Waals surface area contributed by atoms with Gasteiger partial charge in [-0.2, -0.15) is 0 Å². The van der Waals surface area contributed by atoms with Crippen molar-refractivity contribution in [3.63, 3.8) is 0 Å². The first-order valence-electron chi connectivity index (χ1n) is 32.2. The van der Waals surface area contributed by atoms with Crippen LogP contribution in [0.1, 0.15) is 137 Å². The summed E-state index contributed by atoms with van der Waals surface area (Å²) in [7, 11) is 6.80. The average molecular weight is 1290 g/mol. The number of nitrogens with zero attached hydrogens (tertiary/aromatic N) is 5. The Morgan fingerprint density at radius 1 is 0.857 bits per heavy atom. The van der Waals surface area contributed by atoms with Gasteiger partial charge in [0.2, 0.25) is 41.4 Å². The van der Waals surface area contributed by atoms with E-state index in [9.17, 15) is 47.9 Å². The van der Waals surface area contributed by atoms with Crippen molar-refractivity contribution in [3.05, 3.63) is 58.6 Å². The van der Waals surface area contributed by atoms with Gasteiger partial charge >= 0.3 is 6.03 Å². The number of methoxy groups -OCH3 is 2. The van der Waals surface area contributed by atoms with Gasteiger partial charge in [0.1, 0.15) is 23.1 Å². The summed E-state index contributed by atoms with van der Waals surface area (Å²) in [6.07, 6.45) is 5.85. The molecular formula is C65H102N12O13S. The van der Waals surface area contributed by atoms with Crippen LogP contribution in [-0.4, -0.2) is 199 Å². The van der Waals surface area contributed by atoms with E-state index in [-0.39, 0.29) is 112 Å². The standard InChI is InChI=1S/C65H102N12O13S/c1-15-39(7)56(75(12)64(86)55(38(5)6)73-62(85)57-41(9)40(8)47(16-2)74(57)11)49(88-13)36-53(81)76-29-19-23-48(76)58(89-14)42(10)59(82)71-46(63-67-28-33-91-63)35-43-20-17-21-44(34-43)69-60(83)45(22-18-27-68-65(66)87)70-61(84)54(37(3)4)72-50(78)26-31-90-32-30-77-51(79)24-25-52(77)80/h17,20-21,24-25,28,33-34,37-42,45-49,54-58H,15-16,18-19,22-23,26-27,29-32,35-36H2,1-14H3,(H,69,83)(H,70,84)(H,71,82)(H,72,78)(H,73,85)(H3,66,68,87)/t39-,40-,41?,42+,45-,46-,47?,48-,49+,54?,55-,56?,57-,58+/m0/s1. The Labute approximate surface area is 541 Å². The number of likely N-dealkylation sites (N-methyl/N-ethyl adjacent to an activating group) is 2. The Bertz CT molecular complexity index is 2800. The van der Waals surface area contributed by atoms with Crippen molar-refractivity contribution < 1.29 is 62.2 Å². The number of nitrogens with one attached hydrogen (secondary N) is 6. The van der Waals surface area contributed by atoms with Gasteiger partial charge in [-0.25, -0.2) is 9.78 Å². The molecule has 2 saturated heterocycles. The summed E-state index contributed by atoms with van der Waals surface area (Å²) in [5.74, 6) is -4.61. The van der Waals surface area contributed by atoms with Gasteiger partial charge in [-0.3, -0.25) is 53.0 Å². The SMILES string of the molecule is CCC1[C@@H](C)C(C)[C@@H](C(=O)N[C@H](C(=O)N(C)C([C@@H](C)CC)[C@@H](CC(=O)N2CCC[C@H]2[C@H](OC)[C@@H](C)C(=O)N[C@@H](Cc2cccc(NC(=O)[C@H](CCCNC(N)=O)NC(=O)C(NC(=O)CCOCCN3C(=O)C=CC3=O)C(C)C)c2)c2nccs2)OC)C(C)C)N1C. The summed E-state index contributed by atoms with van der Waals surface area (Å²) in [5.41, 5.74) is 6.40. The Balaban J connectivity index is 1.24. The summed E-state index contributed by atoms with van der Waals surface area (Å²) in [4.78, 5) is 145. The number of hydrogen-bond acceptors (Lipinski definition) is 16. The van der Waals surface area contributed by atoms with Crippen LogP contribution in [0.3, 0.4) is 0 Å². The molecule has 26 heteroatoms. The third kappa shape index (κ3) is 20.3. The zero-order valence-corrected chi connectivity index (χ0v) is 56.6. The lowest BCUT2D eigenvalue weighted by atomic mass is 9.88. The maximum absolute atomic E-state index is 14.7. The molecule has 4 unspecified atom stereocenters. The number of rotatable bonds is 36. The van der Waals surface area contributed by atoms with E-state index >= 15 is 0 Å². The number of amides is 11. The van der Waals surface area contributed by atoms with Crippen LogP contribution in [0.15, 0.2) is 48.0 Å². The van der Waals surface area contributed by atoms with Crippen molar-refractivity contribution >= 4 is 76.2 Å². The lowest BCUT2D eigenvalue weighted by Crippen LogP contribution is -2.59. The number of aromatic nitrogens is 1. The van der Waals surface area contributed by atoms with Crippen LogP contribution in [-0.2, 0) is 63.8 Å². The highest BCUT2D eigenvalue weighted by atomic mass is 32.1. The van der Waals surface area contributed by atoms with E-state index in [2.05, 4.69) is 62.6 Å². The topological polar surface area (TPSA) is 322 Å². The molecule has 506 valence electrons. The van der Waals surface area contributed by atoms with E-state index in [0.29, 0.717) is 42.4 Å². The summed E-state index contributed by atoms with van der Waals surface area (Å²) >= 11 is 1.36. The van der Waals surface area contributed by atoms with Crippen LogP contribution in [0.2, 0.25) is 0 Å². The summed E-state index contributed by atoms with van der Waals surface area (Å²) < 4.78 is 17.8. The molecule has 4 heterocycles. The summed E-state index contributed by atoms with van der Waals surface area (Å²) in [5, 5.41) is 19.7. The zero-order valence-electron chi connectivity index (χ0n) is 55.8. The van der Waals surface area contributed by atoms with Gasteiger partial charge in [0, 0.05) is 76.2 Å². The predicted octanol–water partition coefficient (Wildman–Crippen LogP) is 4.31. The van der Waals surface area contributed by atoms with E-state index in [4.69, 9.17) is 19.9 Å². The average Bonchev–Trinajstić information content (AvgIpc) is 1.74. The van der Waals surface area contributed by atoms with Gasteiger partial charge in [-0.05, 0) is 92.9 Å². The molecule has 25 nitrogen and oxygen atoms in total. The van der Waals surface area contributed by atoms with Crippen LogP contribution in [0, 0.1) is 35.5 Å². The smallest absolute Gasteiger partial charge is 0.312 e. The number of imide groups is 1. The molecule has 8 N–H and O–H groups in total. The van der Waals surface area contributed by atoms with E-state index in [1.54, 1.807) is 69.1 Å². The van der Waals surface area contributed by atoms with Crippen molar-refractivity contribution in [2.75, 3.05) is 66.5 Å². The van der Waals surface area contributed by atoms with Gasteiger partial charge in [-0.1, -0.05) is 87.8 Å². The molecule has 0 aliphatic carbocycles. The van der Waals surface area contributed by atoms with Crippen LogP contribution in [0.5, 0.6) is 0 Å². The fraction of sp³-hybridized carbons (Fsp3) is 0.677. The maximum atomic E-state index is 14.7. The minimum Gasteiger partial charge on any atom is -0.379 e. The van der Waals surface area contributed by atoms with Gasteiger partial charge in [0.05, 0.1) is 68.5 Å². The number of carbonyl (C=O) groups excluding carboxylic acids is 10. The fourth-order valence-corrected chi connectivity index (χ4v) is 13.7. The summed E-state index contributed by atoms with van der Waals surface area (Å²) in [6, 6.07) is 1.55. The molecule has 5 rings (SSSR count). The van der Waals surface area contributed by atoms with Crippen molar-refractivity contribution in [2.24, 2.45) is 41.2 Å². The Kier molecular flexibility index (Phi) is 29.5. The van der Waals surface area contributed by atoms with Crippen molar-refractivity contribution in [1.29, 1.82) is 0 Å². The highest BCUT2D eigenvalue weighted by Gasteiger charge is 2.47. The number of urea groups is 1. The molecule has 0 saturated carbocycles. The summed E-state index contributed by atoms with van der Waals surface area (Å²) in [6.45, 7) is 20.1. The zero-order chi connectivity index (χ0) is 67.4.